The number of carbonyl (C=O) groups excluding carboxylic acids is 3. The molecular weight excluding hydrogens is 602 g/mol. The van der Waals surface area contributed by atoms with Crippen molar-refractivity contribution in [2.24, 2.45) is 5.41 Å². The van der Waals surface area contributed by atoms with E-state index >= 15 is 0 Å². The van der Waals surface area contributed by atoms with Crippen LogP contribution in [0.5, 0.6) is 5.75 Å². The van der Waals surface area contributed by atoms with Crippen LogP contribution >= 0.6 is 15.9 Å². The van der Waals surface area contributed by atoms with Gasteiger partial charge in [0.15, 0.2) is 0 Å². The number of benzene rings is 2. The number of nitrogens with zero attached hydrogens (tertiary/aromatic N) is 3. The Morgan fingerprint density at radius 3 is 2.52 bits per heavy atom. The molecule has 1 aliphatic heterocycles. The fraction of sp³-hybridized carbons (Fsp3) is 0.433. The number of likely N-dealkylation sites (N-methyl/N-ethyl adjacent to an activating group) is 1. The van der Waals surface area contributed by atoms with E-state index < -0.39 is 23.5 Å². The third kappa shape index (κ3) is 6.81. The molecule has 0 spiro atoms. The molecule has 3 unspecified atom stereocenters. The summed E-state index contributed by atoms with van der Waals surface area (Å²) in [4.78, 5) is 50.6. The van der Waals surface area contributed by atoms with E-state index in [1.165, 1.54) is 13.4 Å². The number of aromatic nitrogens is 2. The molecule has 1 saturated heterocycles. The molecular formula is C30H38BrN7O4. The van der Waals surface area contributed by atoms with Crippen LogP contribution in [-0.2, 0) is 14.4 Å². The standard InChI is InChI=1S/C30H38BrN7O4/c1-17(32-5)27(39)37-25(30(2,3)4)29(41)38-13-9-12-23(38)28(40)36-22-14-18-21(15-24(22)42-6)33-16-34-26(18)35-20-11-8-7-10-19(20)31/h7-8,10-11,14-17,23,25,32H,9,12-13H2,1-6H3,(H,36,40)(H,37,39)(H,33,34,35). The van der Waals surface area contributed by atoms with E-state index in [9.17, 15) is 14.4 Å². The predicted molar refractivity (Wildman–Crippen MR) is 167 cm³/mol. The molecule has 2 heterocycles. The molecule has 1 aromatic heterocycles. The summed E-state index contributed by atoms with van der Waals surface area (Å²) in [6.45, 7) is 7.84. The smallest absolute Gasteiger partial charge is 0.247 e. The number of hydrogen-bond acceptors (Lipinski definition) is 8. The molecule has 3 aromatic rings. The van der Waals surface area contributed by atoms with E-state index in [0.717, 1.165) is 10.2 Å². The van der Waals surface area contributed by atoms with Gasteiger partial charge >= 0.3 is 0 Å². The Hall–Kier alpha value is -3.77. The average molecular weight is 641 g/mol. The zero-order chi connectivity index (χ0) is 30.6. The second kappa shape index (κ2) is 13.0. The first-order valence-corrected chi connectivity index (χ1v) is 14.7. The van der Waals surface area contributed by atoms with E-state index in [4.69, 9.17) is 4.74 Å². The largest absolute Gasteiger partial charge is 0.494 e. The normalized spacial score (nSPS) is 16.5. The van der Waals surface area contributed by atoms with Crippen molar-refractivity contribution in [1.82, 2.24) is 25.5 Å². The Morgan fingerprint density at radius 2 is 1.86 bits per heavy atom. The molecule has 3 atom stereocenters. The molecule has 4 N–H and O–H groups in total. The van der Waals surface area contributed by atoms with Crippen LogP contribution in [0.2, 0.25) is 0 Å². The molecule has 2 aromatic carbocycles. The number of para-hydroxylation sites is 1. The van der Waals surface area contributed by atoms with Crippen molar-refractivity contribution in [3.8, 4) is 5.75 Å². The zero-order valence-corrected chi connectivity index (χ0v) is 26.3. The van der Waals surface area contributed by atoms with Crippen molar-refractivity contribution < 1.29 is 19.1 Å². The maximum absolute atomic E-state index is 13.8. The summed E-state index contributed by atoms with van der Waals surface area (Å²) >= 11 is 3.55. The van der Waals surface area contributed by atoms with E-state index in [1.807, 2.05) is 45.0 Å². The van der Waals surface area contributed by atoms with Crippen molar-refractivity contribution in [2.45, 2.75) is 58.7 Å². The number of anilines is 3. The number of halogens is 1. The van der Waals surface area contributed by atoms with E-state index in [-0.39, 0.29) is 17.7 Å². The van der Waals surface area contributed by atoms with Gasteiger partial charge in [-0.3, -0.25) is 14.4 Å². The van der Waals surface area contributed by atoms with Crippen LogP contribution in [-0.4, -0.2) is 71.4 Å². The van der Waals surface area contributed by atoms with Crippen molar-refractivity contribution in [1.29, 1.82) is 0 Å². The molecule has 0 bridgehead atoms. The maximum atomic E-state index is 13.8. The fourth-order valence-corrected chi connectivity index (χ4v) is 5.26. The third-order valence-corrected chi connectivity index (χ3v) is 8.10. The molecule has 0 saturated carbocycles. The molecule has 11 nitrogen and oxygen atoms in total. The molecule has 3 amide bonds. The highest BCUT2D eigenvalue weighted by molar-refractivity contribution is 9.10. The van der Waals surface area contributed by atoms with Crippen LogP contribution in [0.4, 0.5) is 17.2 Å². The highest BCUT2D eigenvalue weighted by atomic mass is 79.9. The van der Waals surface area contributed by atoms with Gasteiger partial charge in [0.05, 0.1) is 30.0 Å². The summed E-state index contributed by atoms with van der Waals surface area (Å²) in [6.07, 6.45) is 2.64. The quantitative estimate of drug-likeness (QED) is 0.273. The zero-order valence-electron chi connectivity index (χ0n) is 24.7. The van der Waals surface area contributed by atoms with Gasteiger partial charge in [-0.1, -0.05) is 32.9 Å². The number of rotatable bonds is 9. The summed E-state index contributed by atoms with van der Waals surface area (Å²) in [6, 6.07) is 9.22. The van der Waals surface area contributed by atoms with Gasteiger partial charge in [0.2, 0.25) is 17.7 Å². The van der Waals surface area contributed by atoms with Crippen molar-refractivity contribution >= 4 is 61.7 Å². The SMILES string of the molecule is CNC(C)C(=O)NC(C(=O)N1CCCC1C(=O)Nc1cc2c(Nc3ccccc3Br)ncnc2cc1OC)C(C)(C)C. The van der Waals surface area contributed by atoms with Gasteiger partial charge in [0, 0.05) is 22.5 Å². The molecule has 4 rings (SSSR count). The first-order valence-electron chi connectivity index (χ1n) is 13.9. The Kier molecular flexibility index (Phi) is 9.67. The highest BCUT2D eigenvalue weighted by Crippen LogP contribution is 2.35. The number of ether oxygens (including phenoxy) is 1. The minimum atomic E-state index is -0.799. The van der Waals surface area contributed by atoms with Gasteiger partial charge in [-0.25, -0.2) is 9.97 Å². The predicted octanol–water partition coefficient (Wildman–Crippen LogP) is 4.21. The second-order valence-corrected chi connectivity index (χ2v) is 12.2. The fourth-order valence-electron chi connectivity index (χ4n) is 4.87. The van der Waals surface area contributed by atoms with Gasteiger partial charge in [0.1, 0.15) is 30.0 Å². The van der Waals surface area contributed by atoms with Crippen molar-refractivity contribution in [2.75, 3.05) is 31.3 Å². The minimum absolute atomic E-state index is 0.277. The highest BCUT2D eigenvalue weighted by Gasteiger charge is 2.42. The van der Waals surface area contributed by atoms with Gasteiger partial charge < -0.3 is 30.9 Å². The number of hydrogen-bond donors (Lipinski definition) is 4. The summed E-state index contributed by atoms with van der Waals surface area (Å²) in [5.74, 6) is 0.0929. The number of amides is 3. The lowest BCUT2D eigenvalue weighted by Gasteiger charge is -2.36. The Bertz CT molecular complexity index is 1480. The second-order valence-electron chi connectivity index (χ2n) is 11.4. The Balaban J connectivity index is 1.60. The monoisotopic (exact) mass is 639 g/mol. The number of methoxy groups -OCH3 is 1. The van der Waals surface area contributed by atoms with E-state index in [1.54, 1.807) is 31.0 Å². The van der Waals surface area contributed by atoms with Crippen molar-refractivity contribution in [3.63, 3.8) is 0 Å². The summed E-state index contributed by atoms with van der Waals surface area (Å²) in [5, 5.41) is 12.8. The van der Waals surface area contributed by atoms with Crippen LogP contribution in [0, 0.1) is 5.41 Å². The van der Waals surface area contributed by atoms with E-state index in [2.05, 4.69) is 47.2 Å². The van der Waals surface area contributed by atoms with Gasteiger partial charge in [-0.05, 0) is 66.4 Å². The Labute approximate surface area is 254 Å². The van der Waals surface area contributed by atoms with Crippen LogP contribution in [0.1, 0.15) is 40.5 Å². The molecule has 42 heavy (non-hydrogen) atoms. The molecule has 12 heteroatoms. The lowest BCUT2D eigenvalue weighted by Crippen LogP contribution is -2.59. The van der Waals surface area contributed by atoms with Gasteiger partial charge in [-0.15, -0.1) is 0 Å². The lowest BCUT2D eigenvalue weighted by molar-refractivity contribution is -0.143. The lowest BCUT2D eigenvalue weighted by atomic mass is 9.85. The average Bonchev–Trinajstić information content (AvgIpc) is 3.46. The topological polar surface area (TPSA) is 138 Å². The van der Waals surface area contributed by atoms with Crippen LogP contribution in [0.3, 0.4) is 0 Å². The molecule has 1 fully saturated rings. The molecule has 224 valence electrons. The molecule has 0 aliphatic carbocycles. The third-order valence-electron chi connectivity index (χ3n) is 7.41. The number of likely N-dealkylation sites (tertiary alicyclic amines) is 1. The van der Waals surface area contributed by atoms with Gasteiger partial charge in [-0.2, -0.15) is 0 Å². The first kappa shape index (κ1) is 31.2. The minimum Gasteiger partial charge on any atom is -0.494 e. The first-order chi connectivity index (χ1) is 19.9. The van der Waals surface area contributed by atoms with Crippen LogP contribution in [0.15, 0.2) is 47.2 Å². The number of nitrogens with one attached hydrogen (secondary N) is 4. The van der Waals surface area contributed by atoms with Gasteiger partial charge in [0.25, 0.3) is 0 Å². The summed E-state index contributed by atoms with van der Waals surface area (Å²) in [7, 11) is 3.21. The number of fused-ring (bicyclic) bond motifs is 1. The maximum Gasteiger partial charge on any atom is 0.247 e. The van der Waals surface area contributed by atoms with Crippen molar-refractivity contribution in [3.05, 3.63) is 47.2 Å². The van der Waals surface area contributed by atoms with Crippen LogP contribution < -0.4 is 26.0 Å². The van der Waals surface area contributed by atoms with Crippen LogP contribution in [0.25, 0.3) is 10.9 Å². The summed E-state index contributed by atoms with van der Waals surface area (Å²) < 4.78 is 6.46. The van der Waals surface area contributed by atoms with E-state index in [0.29, 0.717) is 47.5 Å². The molecule has 1 aliphatic rings. The molecule has 0 radical (unpaired) electrons. The number of carbonyl (C=O) groups is 3. The Morgan fingerprint density at radius 1 is 1.12 bits per heavy atom. The summed E-state index contributed by atoms with van der Waals surface area (Å²) in [5.41, 5.74) is 1.32.